The average molecular weight is 527 g/mol. The van der Waals surface area contributed by atoms with Crippen molar-refractivity contribution in [3.63, 3.8) is 0 Å². The molecule has 1 N–H and O–H groups in total. The zero-order chi connectivity index (χ0) is 26.5. The molecule has 0 amide bonds. The number of epoxide rings is 1. The number of hydrogen-bond acceptors (Lipinski definition) is 10. The molecule has 38 heavy (non-hydrogen) atoms. The van der Waals surface area contributed by atoms with Gasteiger partial charge in [-0.15, -0.1) is 0 Å². The van der Waals surface area contributed by atoms with Crippen molar-refractivity contribution in [2.75, 3.05) is 6.61 Å². The van der Waals surface area contributed by atoms with Crippen LogP contribution >= 0.6 is 0 Å². The van der Waals surface area contributed by atoms with Crippen LogP contribution in [-0.2, 0) is 42.9 Å². The summed E-state index contributed by atoms with van der Waals surface area (Å²) in [7, 11) is 0. The highest BCUT2D eigenvalue weighted by molar-refractivity contribution is 6.00. The lowest BCUT2D eigenvalue weighted by molar-refractivity contribution is -0.375. The Morgan fingerprint density at radius 3 is 2.63 bits per heavy atom. The lowest BCUT2D eigenvalue weighted by Crippen LogP contribution is -2.79. The van der Waals surface area contributed by atoms with Gasteiger partial charge in [0.25, 0.3) is 0 Å². The van der Waals surface area contributed by atoms with Crippen LogP contribution in [0, 0.1) is 34.5 Å². The number of rotatable bonds is 0. The Bertz CT molecular complexity index is 1340. The van der Waals surface area contributed by atoms with E-state index < -0.39 is 80.7 Å². The van der Waals surface area contributed by atoms with Crippen molar-refractivity contribution < 1.29 is 48.0 Å². The number of Topliss-reactive ketones (excluding diaryl/α,β-unsaturated/α-hetero) is 1. The van der Waals surface area contributed by atoms with Gasteiger partial charge >= 0.3 is 11.9 Å². The van der Waals surface area contributed by atoms with Gasteiger partial charge < -0.3 is 28.8 Å². The summed E-state index contributed by atoms with van der Waals surface area (Å²) in [5.74, 6) is -6.56. The molecule has 5 bridgehead atoms. The van der Waals surface area contributed by atoms with Gasteiger partial charge in [0.05, 0.1) is 30.0 Å². The van der Waals surface area contributed by atoms with Crippen molar-refractivity contribution >= 4 is 23.5 Å². The van der Waals surface area contributed by atoms with E-state index in [1.807, 2.05) is 19.9 Å². The van der Waals surface area contributed by atoms with Crippen LogP contribution in [0.15, 0.2) is 12.2 Å². The summed E-state index contributed by atoms with van der Waals surface area (Å²) in [5, 5.41) is 12.4. The molecule has 2 saturated carbocycles. The van der Waals surface area contributed by atoms with E-state index in [2.05, 4.69) is 0 Å². The Labute approximate surface area is 218 Å². The van der Waals surface area contributed by atoms with Gasteiger partial charge in [0, 0.05) is 5.92 Å². The summed E-state index contributed by atoms with van der Waals surface area (Å²) in [6, 6.07) is 0. The molecule has 8 fully saturated rings. The molecule has 3 aliphatic carbocycles. The number of esters is 2. The molecule has 6 saturated heterocycles. The third-order valence-electron chi connectivity index (χ3n) is 12.9. The first-order valence-corrected chi connectivity index (χ1v) is 13.8. The van der Waals surface area contributed by atoms with Crippen LogP contribution < -0.4 is 0 Å². The van der Waals surface area contributed by atoms with Crippen molar-refractivity contribution in [2.45, 2.75) is 93.3 Å². The number of carbonyl (C=O) groups excluding carboxylic acids is 4. The van der Waals surface area contributed by atoms with Crippen LogP contribution in [0.3, 0.4) is 0 Å². The fraction of sp³-hybridized carbons (Fsp3) is 0.786. The summed E-state index contributed by atoms with van der Waals surface area (Å²) in [4.78, 5) is 55.6. The maximum Gasteiger partial charge on any atom is 0.342 e. The fourth-order valence-electron chi connectivity index (χ4n) is 10.9. The van der Waals surface area contributed by atoms with E-state index in [4.69, 9.17) is 23.7 Å². The number of carbonyl (C=O) groups is 4. The third kappa shape index (κ3) is 1.79. The molecule has 10 nitrogen and oxygen atoms in total. The molecule has 0 aromatic carbocycles. The summed E-state index contributed by atoms with van der Waals surface area (Å²) in [6.07, 6.45) is 3.82. The lowest BCUT2D eigenvalue weighted by atomic mass is 9.46. The molecule has 3 spiro atoms. The third-order valence-corrected chi connectivity index (χ3v) is 12.9. The second kappa shape index (κ2) is 5.82. The van der Waals surface area contributed by atoms with Crippen molar-refractivity contribution in [1.29, 1.82) is 0 Å². The summed E-state index contributed by atoms with van der Waals surface area (Å²) < 4.78 is 31.5. The maximum absolute atomic E-state index is 14.9. The van der Waals surface area contributed by atoms with E-state index in [0.717, 1.165) is 0 Å². The van der Waals surface area contributed by atoms with Gasteiger partial charge in [-0.2, -0.15) is 0 Å². The van der Waals surface area contributed by atoms with E-state index in [1.54, 1.807) is 13.0 Å². The van der Waals surface area contributed by atoms with E-state index in [-0.39, 0.29) is 43.5 Å². The predicted octanol–water partition coefficient (Wildman–Crippen LogP) is 0.768. The number of ketones is 2. The number of ether oxygens (including phenoxy) is 5. The van der Waals surface area contributed by atoms with Crippen LogP contribution in [0.4, 0.5) is 0 Å². The molecule has 0 unspecified atom stereocenters. The van der Waals surface area contributed by atoms with E-state index >= 15 is 0 Å². The molecule has 6 heterocycles. The van der Waals surface area contributed by atoms with Gasteiger partial charge in [-0.25, -0.2) is 4.79 Å². The van der Waals surface area contributed by atoms with Crippen molar-refractivity contribution in [3.05, 3.63) is 12.2 Å². The normalized spacial score (nSPS) is 64.1. The standard InChI is InChI=1S/C28H30O10/c1-22-10-17-24(3)28-18(22)19(30)27(38-28,34-11-14(22)20(31)35-17)13-9-16-26(36-16)7-4-5-15(29)23(26,2)12(13)6-8-25(28,33)21(32)37-24/h4-5,12-14,16-18,33H,6-11H2,1-3H3/t12-,13-,14-,16-,17+,18-,22-,23+,24-,25+,26+,27+,28-/m1/s1. The minimum absolute atomic E-state index is 0.0583. The number of fused-ring (bicyclic) bond motifs is 4. The maximum atomic E-state index is 14.9. The first-order valence-electron chi connectivity index (χ1n) is 13.8. The quantitative estimate of drug-likeness (QED) is 0.356. The van der Waals surface area contributed by atoms with Gasteiger partial charge in [-0.1, -0.05) is 13.0 Å². The zero-order valence-electron chi connectivity index (χ0n) is 21.5. The Morgan fingerprint density at radius 1 is 1.05 bits per heavy atom. The molecule has 6 aliphatic heterocycles. The van der Waals surface area contributed by atoms with Crippen LogP contribution in [0.1, 0.15) is 52.9 Å². The largest absolute Gasteiger partial charge is 0.458 e. The molecule has 0 aromatic rings. The second-order valence-electron chi connectivity index (χ2n) is 13.8. The van der Waals surface area contributed by atoms with Gasteiger partial charge in [0.2, 0.25) is 5.79 Å². The van der Waals surface area contributed by atoms with Crippen molar-refractivity contribution in [2.24, 2.45) is 34.5 Å². The smallest absolute Gasteiger partial charge is 0.342 e. The Hall–Kier alpha value is -2.14. The molecule has 0 radical (unpaired) electrons. The average Bonchev–Trinajstić information content (AvgIpc) is 3.45. The van der Waals surface area contributed by atoms with E-state index in [9.17, 15) is 24.3 Å². The number of allylic oxidation sites excluding steroid dienone is 1. The molecule has 9 rings (SSSR count). The predicted molar refractivity (Wildman–Crippen MR) is 122 cm³/mol. The van der Waals surface area contributed by atoms with Crippen LogP contribution in [-0.4, -0.2) is 75.6 Å². The Balaban J connectivity index is 1.34. The van der Waals surface area contributed by atoms with Crippen molar-refractivity contribution in [3.8, 4) is 0 Å². The number of hydrogen-bond donors (Lipinski definition) is 1. The highest BCUT2D eigenvalue weighted by Crippen LogP contribution is 2.77. The van der Waals surface area contributed by atoms with Gasteiger partial charge in [0.1, 0.15) is 11.7 Å². The van der Waals surface area contributed by atoms with E-state index in [1.165, 1.54) is 0 Å². The topological polar surface area (TPSA) is 138 Å². The number of aliphatic hydroxyl groups is 1. The van der Waals surface area contributed by atoms with Gasteiger partial charge in [0.15, 0.2) is 28.4 Å². The Morgan fingerprint density at radius 2 is 1.84 bits per heavy atom. The monoisotopic (exact) mass is 526 g/mol. The highest BCUT2D eigenvalue weighted by atomic mass is 16.8. The zero-order valence-corrected chi connectivity index (χ0v) is 21.5. The van der Waals surface area contributed by atoms with E-state index in [0.29, 0.717) is 12.8 Å². The molecule has 9 aliphatic rings. The molecular weight excluding hydrogens is 496 g/mol. The SMILES string of the molecule is C[C@@]12C[C@@H]3OC(=O)[C@H]1CO[C@@]14O[C@@]5([C@@H]2C1=O)[C@](O)(CC[C@@H]1[C@H]4C[C@H]2O[C@@]24CC=CC(=O)[C@]14C)C(=O)O[C@]35C. The summed E-state index contributed by atoms with van der Waals surface area (Å²) >= 11 is 0. The molecule has 202 valence electrons. The highest BCUT2D eigenvalue weighted by Gasteiger charge is 2.94. The second-order valence-corrected chi connectivity index (χ2v) is 13.8. The fourth-order valence-corrected chi connectivity index (χ4v) is 10.9. The molecule has 10 heteroatoms. The van der Waals surface area contributed by atoms with Crippen LogP contribution in [0.2, 0.25) is 0 Å². The van der Waals surface area contributed by atoms with Crippen molar-refractivity contribution in [1.82, 2.24) is 0 Å². The summed E-state index contributed by atoms with van der Waals surface area (Å²) in [6.45, 7) is 5.27. The van der Waals surface area contributed by atoms with Gasteiger partial charge in [-0.05, 0) is 63.4 Å². The minimum atomic E-state index is -2.19. The molecule has 13 atom stereocenters. The lowest BCUT2D eigenvalue weighted by Gasteiger charge is -2.63. The summed E-state index contributed by atoms with van der Waals surface area (Å²) in [5.41, 5.74) is -8.23. The molecule has 0 aromatic heterocycles. The van der Waals surface area contributed by atoms with Crippen LogP contribution in [0.25, 0.3) is 0 Å². The van der Waals surface area contributed by atoms with Crippen LogP contribution in [0.5, 0.6) is 0 Å². The first kappa shape index (κ1) is 22.7. The molecular formula is C28H30O10. The Kier molecular flexibility index (Phi) is 3.47. The first-order chi connectivity index (χ1) is 17.9. The minimum Gasteiger partial charge on any atom is -0.458 e. The van der Waals surface area contributed by atoms with Gasteiger partial charge in [-0.3, -0.25) is 14.4 Å².